The lowest BCUT2D eigenvalue weighted by atomic mass is 9.49. The standard InChI is InChI=1S/C23H30N6O2/c1-14(2)20(21(30)25-18-3-5-19(6-4-18)29-13-24-27-28-29)26-22(31)23-10-15-7-16(11-23)9-17(8-15)12-23/h3-6,13-17,20H,7-12H2,1-2H3,(H,25,30)(H,26,31)/t15?,16?,17?,20-,23?/m0/s1. The molecule has 8 nitrogen and oxygen atoms in total. The number of amides is 2. The van der Waals surface area contributed by atoms with Crippen LogP contribution >= 0.6 is 0 Å². The molecule has 2 amide bonds. The Morgan fingerprint density at radius 1 is 1.03 bits per heavy atom. The van der Waals surface area contributed by atoms with Gasteiger partial charge in [-0.05, 0) is 96.9 Å². The molecule has 4 fully saturated rings. The fourth-order valence-corrected chi connectivity index (χ4v) is 6.42. The van der Waals surface area contributed by atoms with Gasteiger partial charge in [0, 0.05) is 11.1 Å². The average Bonchev–Trinajstić information content (AvgIpc) is 3.26. The molecular formula is C23H30N6O2. The van der Waals surface area contributed by atoms with Crippen LogP contribution in [0.3, 0.4) is 0 Å². The lowest BCUT2D eigenvalue weighted by Gasteiger charge is -2.55. The van der Waals surface area contributed by atoms with E-state index in [1.54, 1.807) is 4.68 Å². The number of tetrazole rings is 1. The van der Waals surface area contributed by atoms with Crippen LogP contribution in [-0.2, 0) is 9.59 Å². The molecule has 0 radical (unpaired) electrons. The molecule has 2 aromatic rings. The van der Waals surface area contributed by atoms with Crippen LogP contribution in [0.2, 0.25) is 0 Å². The number of nitrogens with one attached hydrogen (secondary N) is 2. The van der Waals surface area contributed by atoms with Crippen molar-refractivity contribution in [3.8, 4) is 5.69 Å². The topological polar surface area (TPSA) is 102 Å². The van der Waals surface area contributed by atoms with Crippen LogP contribution in [0.15, 0.2) is 30.6 Å². The number of nitrogens with zero attached hydrogens (tertiary/aromatic N) is 4. The van der Waals surface area contributed by atoms with E-state index < -0.39 is 6.04 Å². The van der Waals surface area contributed by atoms with Crippen LogP contribution in [0, 0.1) is 29.1 Å². The summed E-state index contributed by atoms with van der Waals surface area (Å²) in [7, 11) is 0. The molecule has 2 N–H and O–H groups in total. The first-order valence-electron chi connectivity index (χ1n) is 11.4. The first-order chi connectivity index (χ1) is 14.9. The van der Waals surface area contributed by atoms with E-state index in [-0.39, 0.29) is 23.1 Å². The molecule has 1 atom stereocenters. The maximum absolute atomic E-state index is 13.4. The van der Waals surface area contributed by atoms with E-state index >= 15 is 0 Å². The molecule has 164 valence electrons. The van der Waals surface area contributed by atoms with E-state index in [4.69, 9.17) is 0 Å². The lowest BCUT2D eigenvalue weighted by molar-refractivity contribution is -0.148. The van der Waals surface area contributed by atoms with E-state index in [0.29, 0.717) is 23.4 Å². The number of carbonyl (C=O) groups is 2. The zero-order valence-electron chi connectivity index (χ0n) is 18.1. The normalized spacial score (nSPS) is 29.7. The van der Waals surface area contributed by atoms with Crippen molar-refractivity contribution in [1.29, 1.82) is 0 Å². The van der Waals surface area contributed by atoms with Crippen LogP contribution < -0.4 is 10.6 Å². The Kier molecular flexibility index (Phi) is 5.02. The van der Waals surface area contributed by atoms with E-state index in [1.165, 1.54) is 25.6 Å². The quantitative estimate of drug-likeness (QED) is 0.745. The Balaban J connectivity index is 1.26. The average molecular weight is 423 g/mol. The smallest absolute Gasteiger partial charge is 0.247 e. The van der Waals surface area contributed by atoms with E-state index in [0.717, 1.165) is 24.9 Å². The number of hydrogen-bond acceptors (Lipinski definition) is 5. The predicted molar refractivity (Wildman–Crippen MR) is 115 cm³/mol. The first-order valence-corrected chi connectivity index (χ1v) is 11.4. The summed E-state index contributed by atoms with van der Waals surface area (Å²) in [6.07, 6.45) is 8.38. The van der Waals surface area contributed by atoms with Crippen LogP contribution in [-0.4, -0.2) is 38.1 Å². The lowest BCUT2D eigenvalue weighted by Crippen LogP contribution is -2.57. The largest absolute Gasteiger partial charge is 0.344 e. The van der Waals surface area contributed by atoms with Gasteiger partial charge in [-0.2, -0.15) is 0 Å². The van der Waals surface area contributed by atoms with Crippen LogP contribution in [0.25, 0.3) is 5.69 Å². The zero-order valence-corrected chi connectivity index (χ0v) is 18.1. The van der Waals surface area contributed by atoms with Crippen molar-refractivity contribution < 1.29 is 9.59 Å². The number of benzene rings is 1. The molecule has 0 aliphatic heterocycles. The minimum absolute atomic E-state index is 0.00152. The van der Waals surface area contributed by atoms with Gasteiger partial charge in [-0.15, -0.1) is 5.10 Å². The Morgan fingerprint density at radius 2 is 1.65 bits per heavy atom. The van der Waals surface area contributed by atoms with Gasteiger partial charge in [-0.25, -0.2) is 4.68 Å². The van der Waals surface area contributed by atoms with Gasteiger partial charge < -0.3 is 10.6 Å². The molecule has 0 saturated heterocycles. The van der Waals surface area contributed by atoms with Crippen molar-refractivity contribution in [2.24, 2.45) is 29.1 Å². The SMILES string of the molecule is CC(C)[C@H](NC(=O)C12CC3CC(CC(C3)C1)C2)C(=O)Nc1ccc(-n2cnnn2)cc1. The molecule has 31 heavy (non-hydrogen) atoms. The number of aromatic nitrogens is 4. The molecule has 6 rings (SSSR count). The molecule has 0 spiro atoms. The Morgan fingerprint density at radius 3 is 2.16 bits per heavy atom. The molecule has 4 bridgehead atoms. The number of rotatable bonds is 6. The molecule has 4 saturated carbocycles. The maximum atomic E-state index is 13.4. The van der Waals surface area contributed by atoms with Crippen molar-refractivity contribution in [1.82, 2.24) is 25.5 Å². The van der Waals surface area contributed by atoms with Crippen LogP contribution in [0.4, 0.5) is 5.69 Å². The molecule has 1 heterocycles. The van der Waals surface area contributed by atoms with Crippen LogP contribution in [0.1, 0.15) is 52.4 Å². The van der Waals surface area contributed by atoms with E-state index in [1.807, 2.05) is 38.1 Å². The van der Waals surface area contributed by atoms with Gasteiger partial charge >= 0.3 is 0 Å². The molecule has 4 aliphatic carbocycles. The number of anilines is 1. The van der Waals surface area contributed by atoms with Gasteiger partial charge in [0.2, 0.25) is 11.8 Å². The highest BCUT2D eigenvalue weighted by Crippen LogP contribution is 2.60. The Hall–Kier alpha value is -2.77. The summed E-state index contributed by atoms with van der Waals surface area (Å²) >= 11 is 0. The van der Waals surface area contributed by atoms with Crippen molar-refractivity contribution >= 4 is 17.5 Å². The first kappa shape index (κ1) is 20.2. The van der Waals surface area contributed by atoms with Gasteiger partial charge in [0.1, 0.15) is 12.4 Å². The summed E-state index contributed by atoms with van der Waals surface area (Å²) in [6, 6.07) is 6.74. The highest BCUT2D eigenvalue weighted by molar-refractivity contribution is 5.98. The second kappa shape index (κ2) is 7.73. The van der Waals surface area contributed by atoms with Crippen molar-refractivity contribution in [3.63, 3.8) is 0 Å². The van der Waals surface area contributed by atoms with E-state index in [9.17, 15) is 9.59 Å². The zero-order chi connectivity index (χ0) is 21.6. The van der Waals surface area contributed by atoms with Gasteiger partial charge in [0.25, 0.3) is 0 Å². The maximum Gasteiger partial charge on any atom is 0.247 e. The molecular weight excluding hydrogens is 392 g/mol. The highest BCUT2D eigenvalue weighted by atomic mass is 16.2. The minimum atomic E-state index is -0.556. The van der Waals surface area contributed by atoms with Crippen LogP contribution in [0.5, 0.6) is 0 Å². The summed E-state index contributed by atoms with van der Waals surface area (Å²) in [4.78, 5) is 26.5. The molecule has 8 heteroatoms. The van der Waals surface area contributed by atoms with Crippen molar-refractivity contribution in [3.05, 3.63) is 30.6 Å². The second-order valence-corrected chi connectivity index (χ2v) is 10.2. The highest BCUT2D eigenvalue weighted by Gasteiger charge is 2.55. The third kappa shape index (κ3) is 3.83. The molecule has 1 aromatic heterocycles. The summed E-state index contributed by atoms with van der Waals surface area (Å²) in [5, 5.41) is 17.2. The number of carbonyl (C=O) groups excluding carboxylic acids is 2. The van der Waals surface area contributed by atoms with Crippen molar-refractivity contribution in [2.75, 3.05) is 5.32 Å². The Labute approximate surface area is 182 Å². The predicted octanol–water partition coefficient (Wildman–Crippen LogP) is 2.96. The van der Waals surface area contributed by atoms with Gasteiger partial charge in [0.05, 0.1) is 5.69 Å². The summed E-state index contributed by atoms with van der Waals surface area (Å²) in [5.41, 5.74) is 1.23. The van der Waals surface area contributed by atoms with E-state index in [2.05, 4.69) is 26.2 Å². The monoisotopic (exact) mass is 422 g/mol. The third-order valence-corrected chi connectivity index (χ3v) is 7.50. The second-order valence-electron chi connectivity index (χ2n) is 10.2. The minimum Gasteiger partial charge on any atom is -0.344 e. The van der Waals surface area contributed by atoms with Gasteiger partial charge in [0.15, 0.2) is 0 Å². The Bertz CT molecular complexity index is 918. The molecule has 0 unspecified atom stereocenters. The molecule has 1 aromatic carbocycles. The number of hydrogen-bond donors (Lipinski definition) is 2. The van der Waals surface area contributed by atoms with Gasteiger partial charge in [-0.3, -0.25) is 9.59 Å². The molecule has 4 aliphatic rings. The summed E-state index contributed by atoms with van der Waals surface area (Å²) in [5.74, 6) is 2.00. The van der Waals surface area contributed by atoms with Crippen molar-refractivity contribution in [2.45, 2.75) is 58.4 Å². The third-order valence-electron chi connectivity index (χ3n) is 7.50. The summed E-state index contributed by atoms with van der Waals surface area (Å²) < 4.78 is 1.55. The fraction of sp³-hybridized carbons (Fsp3) is 0.609. The fourth-order valence-electron chi connectivity index (χ4n) is 6.42. The summed E-state index contributed by atoms with van der Waals surface area (Å²) in [6.45, 7) is 3.95. The van der Waals surface area contributed by atoms with Gasteiger partial charge in [-0.1, -0.05) is 13.8 Å².